The van der Waals surface area contributed by atoms with Gasteiger partial charge < -0.3 is 10.1 Å². The standard InChI is InChI=1S/C19H26N2O2S/c1-6-23-15(5)19-21-16(11-24-19)9-18(22)20-10-17-13(3)7-12(2)8-14(17)4/h7-8,11,15H,6,9-10H2,1-5H3,(H,20,22)/t15-/m1/s1. The third kappa shape index (κ3) is 4.89. The fraction of sp³-hybridized carbons (Fsp3) is 0.474. The van der Waals surface area contributed by atoms with Gasteiger partial charge in [-0.15, -0.1) is 11.3 Å². The van der Waals surface area contributed by atoms with Gasteiger partial charge in [0.2, 0.25) is 5.91 Å². The van der Waals surface area contributed by atoms with Gasteiger partial charge in [-0.05, 0) is 51.3 Å². The van der Waals surface area contributed by atoms with Crippen LogP contribution in [0.5, 0.6) is 0 Å². The van der Waals surface area contributed by atoms with E-state index in [1.54, 1.807) is 11.3 Å². The number of thiazole rings is 1. The van der Waals surface area contributed by atoms with Gasteiger partial charge in [0.15, 0.2) is 0 Å². The highest BCUT2D eigenvalue weighted by atomic mass is 32.1. The van der Waals surface area contributed by atoms with E-state index in [0.717, 1.165) is 10.7 Å². The summed E-state index contributed by atoms with van der Waals surface area (Å²) in [5.74, 6) is -0.00436. The molecule has 0 spiro atoms. The summed E-state index contributed by atoms with van der Waals surface area (Å²) in [5, 5.41) is 5.87. The first kappa shape index (κ1) is 18.6. The quantitative estimate of drug-likeness (QED) is 0.823. The van der Waals surface area contributed by atoms with E-state index in [-0.39, 0.29) is 12.0 Å². The number of benzene rings is 1. The Morgan fingerprint density at radius 3 is 2.58 bits per heavy atom. The van der Waals surface area contributed by atoms with Gasteiger partial charge in [-0.3, -0.25) is 4.79 Å². The first-order valence-corrected chi connectivity index (χ1v) is 9.18. The summed E-state index contributed by atoms with van der Waals surface area (Å²) in [6.45, 7) is 11.4. The average Bonchev–Trinajstić information content (AvgIpc) is 2.95. The van der Waals surface area contributed by atoms with Crippen LogP contribution in [0.3, 0.4) is 0 Å². The molecule has 130 valence electrons. The van der Waals surface area contributed by atoms with E-state index in [2.05, 4.69) is 43.2 Å². The molecule has 0 unspecified atom stereocenters. The molecule has 0 saturated heterocycles. The molecule has 4 nitrogen and oxygen atoms in total. The monoisotopic (exact) mass is 346 g/mol. The summed E-state index contributed by atoms with van der Waals surface area (Å²) in [7, 11) is 0. The van der Waals surface area contributed by atoms with Crippen molar-refractivity contribution in [2.75, 3.05) is 6.61 Å². The number of aromatic nitrogens is 1. The SMILES string of the molecule is CCO[C@H](C)c1nc(CC(=O)NCc2c(C)cc(C)cc2C)cs1. The second-order valence-corrected chi connectivity index (χ2v) is 7.00. The molecule has 0 saturated carbocycles. The molecule has 1 aromatic carbocycles. The minimum Gasteiger partial charge on any atom is -0.372 e. The van der Waals surface area contributed by atoms with Crippen molar-refractivity contribution in [3.05, 3.63) is 50.5 Å². The zero-order chi connectivity index (χ0) is 17.7. The number of amides is 1. The molecule has 5 heteroatoms. The predicted octanol–water partition coefficient (Wildman–Crippen LogP) is 4.02. The van der Waals surface area contributed by atoms with Crippen LogP contribution in [0.2, 0.25) is 0 Å². The summed E-state index contributed by atoms with van der Waals surface area (Å²) in [5.41, 5.74) is 5.68. The van der Waals surface area contributed by atoms with Gasteiger partial charge in [0, 0.05) is 18.5 Å². The highest BCUT2D eigenvalue weighted by molar-refractivity contribution is 7.09. The van der Waals surface area contributed by atoms with Gasteiger partial charge >= 0.3 is 0 Å². The molecule has 0 aliphatic heterocycles. The van der Waals surface area contributed by atoms with Gasteiger partial charge in [-0.1, -0.05) is 17.7 Å². The highest BCUT2D eigenvalue weighted by Gasteiger charge is 2.13. The Morgan fingerprint density at radius 1 is 1.29 bits per heavy atom. The Hall–Kier alpha value is -1.72. The van der Waals surface area contributed by atoms with Crippen LogP contribution in [0.25, 0.3) is 0 Å². The lowest BCUT2D eigenvalue weighted by atomic mass is 10.00. The van der Waals surface area contributed by atoms with Crippen molar-refractivity contribution in [1.29, 1.82) is 0 Å². The molecule has 0 bridgehead atoms. The molecule has 24 heavy (non-hydrogen) atoms. The van der Waals surface area contributed by atoms with E-state index < -0.39 is 0 Å². The van der Waals surface area contributed by atoms with Gasteiger partial charge in [0.1, 0.15) is 11.1 Å². The first-order chi connectivity index (χ1) is 11.4. The van der Waals surface area contributed by atoms with Crippen molar-refractivity contribution < 1.29 is 9.53 Å². The minimum atomic E-state index is -0.0188. The molecule has 0 aliphatic carbocycles. The normalized spacial score (nSPS) is 12.2. The predicted molar refractivity (Wildman–Crippen MR) is 98.4 cm³/mol. The fourth-order valence-corrected chi connectivity index (χ4v) is 3.64. The van der Waals surface area contributed by atoms with Crippen LogP contribution >= 0.6 is 11.3 Å². The Labute approximate surface area is 148 Å². The number of aryl methyl sites for hydroxylation is 3. The molecule has 1 N–H and O–H groups in total. The molecule has 0 aliphatic rings. The van der Waals surface area contributed by atoms with E-state index in [0.29, 0.717) is 19.6 Å². The van der Waals surface area contributed by atoms with Crippen LogP contribution < -0.4 is 5.32 Å². The van der Waals surface area contributed by atoms with E-state index in [4.69, 9.17) is 4.74 Å². The van der Waals surface area contributed by atoms with E-state index in [1.807, 2.05) is 19.2 Å². The lowest BCUT2D eigenvalue weighted by molar-refractivity contribution is -0.120. The van der Waals surface area contributed by atoms with Gasteiger partial charge in [-0.2, -0.15) is 0 Å². The third-order valence-electron chi connectivity index (χ3n) is 3.98. The van der Waals surface area contributed by atoms with Crippen LogP contribution in [-0.4, -0.2) is 17.5 Å². The second-order valence-electron chi connectivity index (χ2n) is 6.11. The lowest BCUT2D eigenvalue weighted by Gasteiger charge is -2.12. The van der Waals surface area contributed by atoms with Gasteiger partial charge in [-0.25, -0.2) is 4.98 Å². The van der Waals surface area contributed by atoms with Crippen LogP contribution in [-0.2, 0) is 22.5 Å². The van der Waals surface area contributed by atoms with Crippen molar-refractivity contribution in [1.82, 2.24) is 10.3 Å². The van der Waals surface area contributed by atoms with E-state index in [9.17, 15) is 4.79 Å². The molecule has 1 amide bonds. The van der Waals surface area contributed by atoms with Crippen molar-refractivity contribution >= 4 is 17.2 Å². The number of rotatable bonds is 7. The molecule has 0 radical (unpaired) electrons. The largest absolute Gasteiger partial charge is 0.372 e. The molecule has 1 heterocycles. The molecular weight excluding hydrogens is 320 g/mol. The number of carbonyl (C=O) groups excluding carboxylic acids is 1. The molecule has 0 fully saturated rings. The second kappa shape index (κ2) is 8.40. The minimum absolute atomic E-state index is 0.00436. The van der Waals surface area contributed by atoms with E-state index >= 15 is 0 Å². The number of ether oxygens (including phenoxy) is 1. The Bertz CT molecular complexity index is 686. The smallest absolute Gasteiger partial charge is 0.226 e. The van der Waals surface area contributed by atoms with Crippen molar-refractivity contribution in [3.63, 3.8) is 0 Å². The van der Waals surface area contributed by atoms with Crippen molar-refractivity contribution in [2.24, 2.45) is 0 Å². The van der Waals surface area contributed by atoms with Crippen LogP contribution in [0, 0.1) is 20.8 Å². The maximum Gasteiger partial charge on any atom is 0.226 e. The number of carbonyl (C=O) groups is 1. The van der Waals surface area contributed by atoms with Crippen LogP contribution in [0.1, 0.15) is 52.9 Å². The maximum absolute atomic E-state index is 12.2. The topological polar surface area (TPSA) is 51.2 Å². The molecule has 1 atom stereocenters. The number of nitrogens with zero attached hydrogens (tertiary/aromatic N) is 1. The van der Waals surface area contributed by atoms with Gasteiger partial charge in [0.05, 0.1) is 12.1 Å². The summed E-state index contributed by atoms with van der Waals surface area (Å²) < 4.78 is 5.53. The Morgan fingerprint density at radius 2 is 1.96 bits per heavy atom. The zero-order valence-corrected chi connectivity index (χ0v) is 15.9. The van der Waals surface area contributed by atoms with Gasteiger partial charge in [0.25, 0.3) is 0 Å². The zero-order valence-electron chi connectivity index (χ0n) is 15.1. The number of nitrogens with one attached hydrogen (secondary N) is 1. The van der Waals surface area contributed by atoms with E-state index in [1.165, 1.54) is 22.3 Å². The molecule has 1 aromatic heterocycles. The fourth-order valence-electron chi connectivity index (χ4n) is 2.81. The summed E-state index contributed by atoms with van der Waals surface area (Å²) >= 11 is 1.54. The number of hydrogen-bond acceptors (Lipinski definition) is 4. The Balaban J connectivity index is 1.92. The highest BCUT2D eigenvalue weighted by Crippen LogP contribution is 2.21. The Kier molecular flexibility index (Phi) is 6.52. The summed E-state index contributed by atoms with van der Waals surface area (Å²) in [4.78, 5) is 16.7. The van der Waals surface area contributed by atoms with Crippen molar-refractivity contribution in [3.8, 4) is 0 Å². The maximum atomic E-state index is 12.2. The van der Waals surface area contributed by atoms with Crippen LogP contribution in [0.15, 0.2) is 17.5 Å². The van der Waals surface area contributed by atoms with Crippen molar-refractivity contribution in [2.45, 2.75) is 53.7 Å². The lowest BCUT2D eigenvalue weighted by Crippen LogP contribution is -2.25. The average molecular weight is 346 g/mol. The number of hydrogen-bond donors (Lipinski definition) is 1. The molecule has 2 rings (SSSR count). The molecule has 2 aromatic rings. The first-order valence-electron chi connectivity index (χ1n) is 8.30. The summed E-state index contributed by atoms with van der Waals surface area (Å²) in [6, 6.07) is 4.30. The van der Waals surface area contributed by atoms with Crippen LogP contribution in [0.4, 0.5) is 0 Å². The third-order valence-corrected chi connectivity index (χ3v) is 5.03. The molecular formula is C19H26N2O2S. The summed E-state index contributed by atoms with van der Waals surface area (Å²) in [6.07, 6.45) is 0.286.